The first-order chi connectivity index (χ1) is 18.4. The monoisotopic (exact) mass is 538 g/mol. The van der Waals surface area contributed by atoms with E-state index >= 15 is 0 Å². The van der Waals surface area contributed by atoms with Gasteiger partial charge in [0.05, 0.1) is 79.8 Å². The van der Waals surface area contributed by atoms with Crippen LogP contribution in [0.2, 0.25) is 0 Å². The summed E-state index contributed by atoms with van der Waals surface area (Å²) in [6.07, 6.45) is 0. The van der Waals surface area contributed by atoms with Crippen LogP contribution in [0.5, 0.6) is 11.5 Å². The minimum atomic E-state index is -0.946. The molecule has 0 bridgehead atoms. The van der Waals surface area contributed by atoms with Gasteiger partial charge in [0, 0.05) is 11.8 Å². The second kappa shape index (κ2) is 14.6. The molecule has 2 aromatic rings. The van der Waals surface area contributed by atoms with Crippen molar-refractivity contribution in [1.29, 1.82) is 0 Å². The third-order valence-corrected chi connectivity index (χ3v) is 4.99. The fraction of sp³-hybridized carbons (Fsp3) is 0.455. The molecule has 1 aliphatic heterocycles. The number of hydrogen-bond donors (Lipinski definition) is 1. The van der Waals surface area contributed by atoms with Gasteiger partial charge >= 0.3 is 11.4 Å². The summed E-state index contributed by atoms with van der Waals surface area (Å²) in [5.41, 5.74) is -2.80. The smallest absolute Gasteiger partial charge is 0.306 e. The summed E-state index contributed by atoms with van der Waals surface area (Å²) in [6.45, 7) is 3.14. The highest BCUT2D eigenvalue weighted by atomic mass is 16.6. The van der Waals surface area contributed by atoms with Gasteiger partial charge in [0.15, 0.2) is 17.2 Å². The van der Waals surface area contributed by atoms with Gasteiger partial charge < -0.3 is 33.7 Å². The van der Waals surface area contributed by atoms with Gasteiger partial charge in [-0.1, -0.05) is 0 Å². The molecular weight excluding hydrogens is 512 g/mol. The zero-order valence-electron chi connectivity index (χ0n) is 20.2. The molecule has 0 atom stereocenters. The second-order valence-electron chi connectivity index (χ2n) is 7.56. The minimum absolute atomic E-state index is 0.122. The maximum atomic E-state index is 11.6. The third-order valence-electron chi connectivity index (χ3n) is 4.99. The van der Waals surface area contributed by atoms with Gasteiger partial charge in [-0.15, -0.1) is 0 Å². The third kappa shape index (κ3) is 8.48. The van der Waals surface area contributed by atoms with E-state index in [0.29, 0.717) is 57.5 Å². The molecule has 0 spiro atoms. The summed E-state index contributed by atoms with van der Waals surface area (Å²) in [7, 11) is 0. The van der Waals surface area contributed by atoms with Crippen LogP contribution in [0, 0.1) is 30.3 Å². The summed E-state index contributed by atoms with van der Waals surface area (Å²) in [5.74, 6) is 0.555. The number of rotatable bonds is 5. The summed E-state index contributed by atoms with van der Waals surface area (Å²) >= 11 is 0. The number of ether oxygens (including phenoxy) is 6. The van der Waals surface area contributed by atoms with Crippen molar-refractivity contribution < 1.29 is 43.2 Å². The van der Waals surface area contributed by atoms with Crippen LogP contribution in [-0.2, 0) is 18.9 Å². The number of fused-ring (bicyclic) bond motifs is 1. The summed E-state index contributed by atoms with van der Waals surface area (Å²) in [6, 6.07) is 5.70. The van der Waals surface area contributed by atoms with E-state index in [4.69, 9.17) is 28.4 Å². The van der Waals surface area contributed by atoms with Gasteiger partial charge in [0.2, 0.25) is 0 Å². The topological polar surface area (TPSA) is 197 Å². The van der Waals surface area contributed by atoms with E-state index in [1.807, 2.05) is 0 Å². The fourth-order valence-corrected chi connectivity index (χ4v) is 3.26. The van der Waals surface area contributed by atoms with Gasteiger partial charge in [-0.3, -0.25) is 30.3 Å². The van der Waals surface area contributed by atoms with Crippen molar-refractivity contribution in [2.24, 2.45) is 0 Å². The maximum Gasteiger partial charge on any atom is 0.306 e. The number of benzene rings is 2. The molecule has 0 aliphatic carbocycles. The summed E-state index contributed by atoms with van der Waals surface area (Å²) < 4.78 is 33.2. The van der Waals surface area contributed by atoms with Crippen molar-refractivity contribution in [3.8, 4) is 11.5 Å². The van der Waals surface area contributed by atoms with E-state index in [1.54, 1.807) is 0 Å². The lowest BCUT2D eigenvalue weighted by atomic mass is 10.2. The lowest BCUT2D eigenvalue weighted by Crippen LogP contribution is -2.16. The Hall–Kier alpha value is -4.12. The van der Waals surface area contributed by atoms with Crippen LogP contribution < -0.4 is 14.8 Å². The molecular formula is C22H26N4O12. The molecule has 0 aromatic heterocycles. The van der Waals surface area contributed by atoms with E-state index in [9.17, 15) is 30.3 Å². The maximum absolute atomic E-state index is 11.6. The standard InChI is InChI=1S/C22H26N4O12/c27-24(28)17-14-18(25(29)30)22(19(15-17)26(31)32)23-16-1-2-20-21(13-16)38-12-10-36-8-6-34-4-3-33-5-7-35-9-11-37-20/h1-2,13-15,23H,3-12H2. The number of nitrogens with zero attached hydrogens (tertiary/aromatic N) is 3. The van der Waals surface area contributed by atoms with Crippen LogP contribution in [0.25, 0.3) is 0 Å². The summed E-state index contributed by atoms with van der Waals surface area (Å²) in [4.78, 5) is 31.5. The van der Waals surface area contributed by atoms with Crippen molar-refractivity contribution in [3.63, 3.8) is 0 Å². The molecule has 16 nitrogen and oxygen atoms in total. The molecule has 38 heavy (non-hydrogen) atoms. The molecule has 1 aliphatic rings. The Bertz CT molecular complexity index is 1090. The minimum Gasteiger partial charge on any atom is -0.487 e. The molecule has 0 amide bonds. The molecule has 16 heteroatoms. The van der Waals surface area contributed by atoms with Gasteiger partial charge in [-0.2, -0.15) is 0 Å². The first-order valence-corrected chi connectivity index (χ1v) is 11.5. The molecule has 0 radical (unpaired) electrons. The fourth-order valence-electron chi connectivity index (χ4n) is 3.26. The first-order valence-electron chi connectivity index (χ1n) is 11.5. The second-order valence-corrected chi connectivity index (χ2v) is 7.56. The molecule has 0 saturated heterocycles. The van der Waals surface area contributed by atoms with Crippen LogP contribution in [-0.4, -0.2) is 80.8 Å². The highest BCUT2D eigenvalue weighted by molar-refractivity contribution is 5.81. The number of nitro benzene ring substituents is 3. The Labute approximate surface area is 215 Å². The number of nitro groups is 3. The van der Waals surface area contributed by atoms with E-state index in [0.717, 1.165) is 0 Å². The highest BCUT2D eigenvalue weighted by Gasteiger charge is 2.31. The Morgan fingerprint density at radius 2 is 1.03 bits per heavy atom. The van der Waals surface area contributed by atoms with E-state index in [1.165, 1.54) is 18.2 Å². The van der Waals surface area contributed by atoms with Crippen LogP contribution in [0.3, 0.4) is 0 Å². The Balaban J connectivity index is 1.84. The van der Waals surface area contributed by atoms with Crippen molar-refractivity contribution in [3.05, 3.63) is 60.7 Å². The van der Waals surface area contributed by atoms with E-state index in [2.05, 4.69) is 5.32 Å². The quantitative estimate of drug-likeness (QED) is 0.431. The van der Waals surface area contributed by atoms with E-state index in [-0.39, 0.29) is 37.9 Å². The molecule has 0 saturated carbocycles. The number of anilines is 2. The van der Waals surface area contributed by atoms with Crippen LogP contribution >= 0.6 is 0 Å². The van der Waals surface area contributed by atoms with Crippen molar-refractivity contribution in [1.82, 2.24) is 0 Å². The number of non-ortho nitro benzene ring substituents is 1. The molecule has 2 aromatic carbocycles. The van der Waals surface area contributed by atoms with Crippen molar-refractivity contribution in [2.75, 3.05) is 71.4 Å². The zero-order chi connectivity index (χ0) is 27.3. The Morgan fingerprint density at radius 3 is 1.47 bits per heavy atom. The first kappa shape index (κ1) is 28.5. The predicted octanol–water partition coefficient (Wildman–Crippen LogP) is 2.99. The Kier molecular flexibility index (Phi) is 10.9. The number of hydrogen-bond acceptors (Lipinski definition) is 13. The largest absolute Gasteiger partial charge is 0.487 e. The lowest BCUT2D eigenvalue weighted by Gasteiger charge is -2.16. The SMILES string of the molecule is O=[N+]([O-])c1cc([N+](=O)[O-])c(Nc2ccc3c(c2)OCCOCCOCCOCCOCCO3)c([N+](=O)[O-])c1. The average Bonchev–Trinajstić information content (AvgIpc) is 2.88. The molecule has 3 rings (SSSR count). The molecule has 1 heterocycles. The van der Waals surface area contributed by atoms with Gasteiger partial charge in [0.25, 0.3) is 5.69 Å². The van der Waals surface area contributed by atoms with Gasteiger partial charge in [-0.05, 0) is 12.1 Å². The molecule has 0 unspecified atom stereocenters. The van der Waals surface area contributed by atoms with Crippen LogP contribution in [0.1, 0.15) is 0 Å². The Morgan fingerprint density at radius 1 is 0.579 bits per heavy atom. The van der Waals surface area contributed by atoms with Crippen molar-refractivity contribution in [2.45, 2.75) is 0 Å². The van der Waals surface area contributed by atoms with Crippen LogP contribution in [0.15, 0.2) is 30.3 Å². The predicted molar refractivity (Wildman–Crippen MR) is 130 cm³/mol. The lowest BCUT2D eigenvalue weighted by molar-refractivity contribution is -0.401. The number of nitrogens with one attached hydrogen (secondary N) is 1. The summed E-state index contributed by atoms with van der Waals surface area (Å²) in [5, 5.41) is 36.9. The molecule has 206 valence electrons. The molecule has 0 fully saturated rings. The van der Waals surface area contributed by atoms with Crippen molar-refractivity contribution >= 4 is 28.4 Å². The normalized spacial score (nSPS) is 16.0. The van der Waals surface area contributed by atoms with E-state index < -0.39 is 37.5 Å². The molecule has 1 N–H and O–H groups in total. The van der Waals surface area contributed by atoms with Gasteiger partial charge in [0.1, 0.15) is 13.2 Å². The zero-order valence-corrected chi connectivity index (χ0v) is 20.2. The van der Waals surface area contributed by atoms with Crippen LogP contribution in [0.4, 0.5) is 28.4 Å². The van der Waals surface area contributed by atoms with Gasteiger partial charge in [-0.25, -0.2) is 0 Å². The highest BCUT2D eigenvalue weighted by Crippen LogP contribution is 2.41. The average molecular weight is 538 g/mol.